The average Bonchev–Trinajstić information content (AvgIpc) is 3.01. The predicted octanol–water partition coefficient (Wildman–Crippen LogP) is 3.57. The maximum atomic E-state index is 12.6. The van der Waals surface area contributed by atoms with E-state index < -0.39 is 15.9 Å². The summed E-state index contributed by atoms with van der Waals surface area (Å²) in [6.45, 7) is 5.72. The number of fused-ring (bicyclic) bond motifs is 1. The topological polar surface area (TPSA) is 71.7 Å². The number of carbonyl (C=O) groups excluding carboxylic acids is 1. The Morgan fingerprint density at radius 3 is 2.41 bits per heavy atom. The number of hydrogen-bond acceptors (Lipinski definition) is 4. The van der Waals surface area contributed by atoms with E-state index in [-0.39, 0.29) is 10.9 Å². The molecule has 0 bridgehead atoms. The molecule has 0 saturated carbocycles. The number of sulfonamides is 1. The Hall–Kier alpha value is -2.29. The summed E-state index contributed by atoms with van der Waals surface area (Å²) in [5, 5.41) is 0. The summed E-state index contributed by atoms with van der Waals surface area (Å²) < 4.78 is 29.4. The molecule has 0 aliphatic heterocycles. The van der Waals surface area contributed by atoms with E-state index in [4.69, 9.17) is 0 Å². The Labute approximate surface area is 175 Å². The van der Waals surface area contributed by atoms with E-state index in [0.29, 0.717) is 10.4 Å². The zero-order chi connectivity index (χ0) is 21.3. The zero-order valence-corrected chi connectivity index (χ0v) is 18.8. The van der Waals surface area contributed by atoms with Crippen molar-refractivity contribution in [2.45, 2.75) is 38.1 Å². The number of benzene rings is 2. The van der Waals surface area contributed by atoms with Crippen LogP contribution >= 0.6 is 11.3 Å². The van der Waals surface area contributed by atoms with Gasteiger partial charge in [0, 0.05) is 25.7 Å². The van der Waals surface area contributed by atoms with E-state index in [1.165, 1.54) is 45.5 Å². The first-order valence-corrected chi connectivity index (χ1v) is 11.7. The summed E-state index contributed by atoms with van der Waals surface area (Å²) >= 11 is 1.46. The van der Waals surface area contributed by atoms with Crippen LogP contribution in [0.4, 0.5) is 0 Å². The van der Waals surface area contributed by atoms with Crippen LogP contribution in [0.3, 0.4) is 0 Å². The van der Waals surface area contributed by atoms with E-state index in [9.17, 15) is 13.2 Å². The molecular formula is C21H25N3O3S2. The van der Waals surface area contributed by atoms with Crippen LogP contribution < -0.4 is 4.80 Å². The third-order valence-electron chi connectivity index (χ3n) is 4.98. The number of amides is 1. The molecule has 2 aromatic carbocycles. The molecule has 0 aliphatic carbocycles. The van der Waals surface area contributed by atoms with Gasteiger partial charge in [0.05, 0.1) is 15.1 Å². The molecule has 0 unspecified atom stereocenters. The van der Waals surface area contributed by atoms with Gasteiger partial charge in [-0.2, -0.15) is 9.30 Å². The molecule has 0 N–H and O–H groups in total. The molecule has 1 aromatic heterocycles. The van der Waals surface area contributed by atoms with Crippen LogP contribution in [-0.2, 0) is 23.5 Å². The summed E-state index contributed by atoms with van der Waals surface area (Å²) in [5.74, 6) is -0.399. The van der Waals surface area contributed by atoms with Crippen LogP contribution in [0, 0.1) is 0 Å². The average molecular weight is 432 g/mol. The van der Waals surface area contributed by atoms with Gasteiger partial charge in [0.1, 0.15) is 0 Å². The second-order valence-electron chi connectivity index (χ2n) is 7.16. The van der Waals surface area contributed by atoms with Gasteiger partial charge in [0.2, 0.25) is 10.0 Å². The minimum Gasteiger partial charge on any atom is -0.319 e. The first-order valence-electron chi connectivity index (χ1n) is 9.40. The smallest absolute Gasteiger partial charge is 0.279 e. The molecule has 0 aliphatic rings. The second-order valence-corrected chi connectivity index (χ2v) is 10.2. The molecule has 0 atom stereocenters. The fourth-order valence-corrected chi connectivity index (χ4v) is 5.32. The molecule has 29 heavy (non-hydrogen) atoms. The molecule has 0 radical (unpaired) electrons. The molecule has 154 valence electrons. The van der Waals surface area contributed by atoms with Gasteiger partial charge in [-0.15, -0.1) is 0 Å². The summed E-state index contributed by atoms with van der Waals surface area (Å²) in [5.41, 5.74) is 2.61. The fourth-order valence-electron chi connectivity index (χ4n) is 2.87. The predicted molar refractivity (Wildman–Crippen MR) is 117 cm³/mol. The summed E-state index contributed by atoms with van der Waals surface area (Å²) in [6.07, 6.45) is 0.949. The van der Waals surface area contributed by atoms with Crippen molar-refractivity contribution in [2.24, 2.45) is 12.0 Å². The monoisotopic (exact) mass is 431 g/mol. The van der Waals surface area contributed by atoms with Crippen LogP contribution in [0.1, 0.15) is 36.7 Å². The lowest BCUT2D eigenvalue weighted by Crippen LogP contribution is -2.33. The molecule has 1 heterocycles. The van der Waals surface area contributed by atoms with Gasteiger partial charge >= 0.3 is 0 Å². The summed E-state index contributed by atoms with van der Waals surface area (Å²) in [7, 11) is -0.157. The molecule has 0 fully saturated rings. The highest BCUT2D eigenvalue weighted by Gasteiger charge is 2.23. The number of nitrogens with zero attached hydrogens (tertiary/aromatic N) is 3. The molecule has 8 heteroatoms. The third kappa shape index (κ3) is 4.19. The van der Waals surface area contributed by atoms with Crippen molar-refractivity contribution in [3.63, 3.8) is 0 Å². The van der Waals surface area contributed by atoms with Crippen LogP contribution in [0.15, 0.2) is 52.4 Å². The van der Waals surface area contributed by atoms with Crippen LogP contribution in [0.25, 0.3) is 10.2 Å². The second kappa shape index (κ2) is 8.22. The fraction of sp³-hybridized carbons (Fsp3) is 0.333. The minimum atomic E-state index is -3.58. The van der Waals surface area contributed by atoms with Crippen molar-refractivity contribution in [3.8, 4) is 0 Å². The van der Waals surface area contributed by atoms with Crippen molar-refractivity contribution in [3.05, 3.63) is 58.4 Å². The Morgan fingerprint density at radius 2 is 1.83 bits per heavy atom. The van der Waals surface area contributed by atoms with E-state index in [2.05, 4.69) is 24.0 Å². The van der Waals surface area contributed by atoms with Crippen molar-refractivity contribution in [2.75, 3.05) is 7.05 Å². The van der Waals surface area contributed by atoms with Crippen LogP contribution in [0.2, 0.25) is 0 Å². The maximum Gasteiger partial charge on any atom is 0.279 e. The minimum absolute atomic E-state index is 0.155. The van der Waals surface area contributed by atoms with Gasteiger partial charge in [-0.3, -0.25) is 4.79 Å². The standard InChI is InChI=1S/C21H25N3O3S2/c1-6-15-7-12-18-19(13-15)28-21(23(18)4)22-20(25)16-8-10-17(11-9-16)29(26,27)24(5)14(2)3/h7-14H,6H2,1-5H3. The highest BCUT2D eigenvalue weighted by atomic mass is 32.2. The van der Waals surface area contributed by atoms with Crippen molar-refractivity contribution < 1.29 is 13.2 Å². The first-order chi connectivity index (χ1) is 13.6. The lowest BCUT2D eigenvalue weighted by molar-refractivity contribution is 0.0998. The van der Waals surface area contributed by atoms with Gasteiger partial charge in [-0.05, 0) is 62.2 Å². The maximum absolute atomic E-state index is 12.6. The van der Waals surface area contributed by atoms with Crippen LogP contribution in [-0.4, -0.2) is 36.3 Å². The normalized spacial score (nSPS) is 13.0. The summed E-state index contributed by atoms with van der Waals surface area (Å²) in [6, 6.07) is 12.0. The molecule has 0 spiro atoms. The number of hydrogen-bond donors (Lipinski definition) is 0. The quantitative estimate of drug-likeness (QED) is 0.620. The zero-order valence-electron chi connectivity index (χ0n) is 17.2. The van der Waals surface area contributed by atoms with Gasteiger partial charge < -0.3 is 4.57 Å². The Morgan fingerprint density at radius 1 is 1.17 bits per heavy atom. The molecule has 3 rings (SSSR count). The Kier molecular flexibility index (Phi) is 6.07. The van der Waals surface area contributed by atoms with Gasteiger partial charge in [0.25, 0.3) is 5.91 Å². The van der Waals surface area contributed by atoms with Gasteiger partial charge in [0.15, 0.2) is 4.80 Å². The first kappa shape index (κ1) is 21.4. The van der Waals surface area contributed by atoms with E-state index >= 15 is 0 Å². The summed E-state index contributed by atoms with van der Waals surface area (Å²) in [4.78, 5) is 17.7. The molecule has 6 nitrogen and oxygen atoms in total. The molecule has 1 amide bonds. The van der Waals surface area contributed by atoms with Gasteiger partial charge in [-0.25, -0.2) is 8.42 Å². The SMILES string of the molecule is CCc1ccc2c(c1)sc(=NC(=O)c1ccc(S(=O)(=O)N(C)C(C)C)cc1)n2C. The number of carbonyl (C=O) groups is 1. The van der Waals surface area contributed by atoms with E-state index in [1.807, 2.05) is 31.5 Å². The lowest BCUT2D eigenvalue weighted by atomic mass is 10.2. The van der Waals surface area contributed by atoms with Crippen molar-refractivity contribution in [1.29, 1.82) is 0 Å². The number of thiazole rings is 1. The molecular weight excluding hydrogens is 406 g/mol. The molecule has 3 aromatic rings. The number of aryl methyl sites for hydroxylation is 2. The molecule has 0 saturated heterocycles. The number of rotatable bonds is 5. The van der Waals surface area contributed by atoms with E-state index in [1.54, 1.807) is 7.05 Å². The van der Waals surface area contributed by atoms with E-state index in [0.717, 1.165) is 16.6 Å². The van der Waals surface area contributed by atoms with Crippen molar-refractivity contribution in [1.82, 2.24) is 8.87 Å². The highest BCUT2D eigenvalue weighted by molar-refractivity contribution is 7.89. The van der Waals surface area contributed by atoms with Gasteiger partial charge in [-0.1, -0.05) is 24.3 Å². The Bertz CT molecular complexity index is 1220. The third-order valence-corrected chi connectivity index (χ3v) is 8.13. The largest absolute Gasteiger partial charge is 0.319 e. The van der Waals surface area contributed by atoms with Crippen LogP contribution in [0.5, 0.6) is 0 Å². The highest BCUT2D eigenvalue weighted by Crippen LogP contribution is 2.20. The number of aromatic nitrogens is 1. The Balaban J connectivity index is 1.94. The van der Waals surface area contributed by atoms with Crippen molar-refractivity contribution >= 4 is 37.5 Å². The lowest BCUT2D eigenvalue weighted by Gasteiger charge is -2.20.